The summed E-state index contributed by atoms with van der Waals surface area (Å²) in [5.74, 6) is 3.76. The fraction of sp³-hybridized carbons (Fsp3) is 0.214. The maximum atomic E-state index is 14.0. The minimum absolute atomic E-state index is 0.168. The molecule has 2 aromatic rings. The van der Waals surface area contributed by atoms with E-state index in [0.29, 0.717) is 11.3 Å². The van der Waals surface area contributed by atoms with E-state index >= 15 is 0 Å². The van der Waals surface area contributed by atoms with Crippen molar-refractivity contribution in [1.82, 2.24) is 10.4 Å². The average molecular weight is 263 g/mol. The van der Waals surface area contributed by atoms with Crippen molar-refractivity contribution in [1.29, 1.82) is 0 Å². The van der Waals surface area contributed by atoms with Crippen LogP contribution >= 0.6 is 0 Å². The Labute approximate surface area is 110 Å². The van der Waals surface area contributed by atoms with E-state index in [1.54, 1.807) is 25.3 Å². The first-order valence-corrected chi connectivity index (χ1v) is 5.88. The molecule has 1 unspecified atom stereocenters. The minimum Gasteiger partial charge on any atom is -0.271 e. The molecule has 3 nitrogen and oxygen atoms in total. The number of aromatic nitrogens is 1. The van der Waals surface area contributed by atoms with Crippen molar-refractivity contribution in [3.05, 3.63) is 64.5 Å². The van der Waals surface area contributed by atoms with E-state index in [2.05, 4.69) is 10.4 Å². The molecule has 0 amide bonds. The molecule has 2 rings (SSSR count). The van der Waals surface area contributed by atoms with Gasteiger partial charge in [-0.1, -0.05) is 18.2 Å². The van der Waals surface area contributed by atoms with Crippen molar-refractivity contribution in [3.8, 4) is 0 Å². The molecule has 0 aliphatic rings. The van der Waals surface area contributed by atoms with Crippen molar-refractivity contribution in [2.45, 2.75) is 19.9 Å². The predicted octanol–water partition coefficient (Wildman–Crippen LogP) is 2.53. The first-order chi connectivity index (χ1) is 9.06. The van der Waals surface area contributed by atoms with Crippen LogP contribution in [0.4, 0.5) is 8.78 Å². The number of aryl methyl sites for hydroxylation is 2. The van der Waals surface area contributed by atoms with Gasteiger partial charge in [-0.2, -0.15) is 0 Å². The van der Waals surface area contributed by atoms with Crippen molar-refractivity contribution in [3.63, 3.8) is 0 Å². The smallest absolute Gasteiger partial charge is 0.164 e. The van der Waals surface area contributed by atoms with E-state index in [1.807, 2.05) is 0 Å². The lowest BCUT2D eigenvalue weighted by atomic mass is 9.96. The maximum Gasteiger partial charge on any atom is 0.164 e. The summed E-state index contributed by atoms with van der Waals surface area (Å²) in [6.45, 7) is 3.31. The maximum absolute atomic E-state index is 14.0. The van der Waals surface area contributed by atoms with Crippen LogP contribution in [0.25, 0.3) is 0 Å². The molecule has 0 bridgehead atoms. The highest BCUT2D eigenvalue weighted by Crippen LogP contribution is 2.27. The van der Waals surface area contributed by atoms with Gasteiger partial charge in [-0.05, 0) is 31.0 Å². The van der Waals surface area contributed by atoms with Crippen molar-refractivity contribution < 1.29 is 8.78 Å². The summed E-state index contributed by atoms with van der Waals surface area (Å²) in [6, 6.07) is 5.94. The second-order valence-electron chi connectivity index (χ2n) is 4.38. The van der Waals surface area contributed by atoms with E-state index in [4.69, 9.17) is 5.84 Å². The molecule has 1 aromatic heterocycles. The highest BCUT2D eigenvalue weighted by atomic mass is 19.2. The van der Waals surface area contributed by atoms with Crippen LogP contribution in [0.15, 0.2) is 30.5 Å². The van der Waals surface area contributed by atoms with Gasteiger partial charge >= 0.3 is 0 Å². The Morgan fingerprint density at radius 3 is 2.47 bits per heavy atom. The van der Waals surface area contributed by atoms with Crippen LogP contribution in [-0.4, -0.2) is 4.98 Å². The Balaban J connectivity index is 2.55. The molecular formula is C14H15F2N3. The molecule has 0 spiro atoms. The van der Waals surface area contributed by atoms with Gasteiger partial charge in [0.15, 0.2) is 11.6 Å². The van der Waals surface area contributed by atoms with Crippen LogP contribution in [0.2, 0.25) is 0 Å². The number of pyridine rings is 1. The van der Waals surface area contributed by atoms with Crippen LogP contribution in [-0.2, 0) is 0 Å². The SMILES string of the molecule is Cc1ccc(C(NN)c2cccnc2C)c(F)c1F. The predicted molar refractivity (Wildman–Crippen MR) is 69.2 cm³/mol. The second kappa shape index (κ2) is 5.42. The zero-order valence-electron chi connectivity index (χ0n) is 10.7. The van der Waals surface area contributed by atoms with Gasteiger partial charge in [-0.15, -0.1) is 0 Å². The first kappa shape index (κ1) is 13.6. The van der Waals surface area contributed by atoms with E-state index < -0.39 is 17.7 Å². The van der Waals surface area contributed by atoms with E-state index in [1.165, 1.54) is 19.1 Å². The summed E-state index contributed by atoms with van der Waals surface area (Å²) in [6.07, 6.45) is 1.64. The molecule has 1 aromatic carbocycles. The summed E-state index contributed by atoms with van der Waals surface area (Å²) >= 11 is 0. The Morgan fingerprint density at radius 2 is 1.84 bits per heavy atom. The normalized spacial score (nSPS) is 12.5. The zero-order valence-corrected chi connectivity index (χ0v) is 10.7. The molecule has 100 valence electrons. The molecule has 0 saturated heterocycles. The first-order valence-electron chi connectivity index (χ1n) is 5.88. The average Bonchev–Trinajstić information content (AvgIpc) is 2.41. The van der Waals surface area contributed by atoms with E-state index in [9.17, 15) is 8.78 Å². The number of hydrogen-bond donors (Lipinski definition) is 2. The van der Waals surface area contributed by atoms with Gasteiger partial charge in [0.05, 0.1) is 6.04 Å². The van der Waals surface area contributed by atoms with Gasteiger partial charge in [0.1, 0.15) is 0 Å². The summed E-state index contributed by atoms with van der Waals surface area (Å²) in [5.41, 5.74) is 4.38. The van der Waals surface area contributed by atoms with Crippen LogP contribution < -0.4 is 11.3 Å². The molecule has 0 aliphatic carbocycles. The van der Waals surface area contributed by atoms with Gasteiger partial charge in [0.25, 0.3) is 0 Å². The van der Waals surface area contributed by atoms with E-state index in [0.717, 1.165) is 0 Å². The molecule has 19 heavy (non-hydrogen) atoms. The van der Waals surface area contributed by atoms with Gasteiger partial charge in [-0.25, -0.2) is 14.2 Å². The number of hydrogen-bond acceptors (Lipinski definition) is 3. The topological polar surface area (TPSA) is 50.9 Å². The number of nitrogens with two attached hydrogens (primary N) is 1. The molecule has 3 N–H and O–H groups in total. The minimum atomic E-state index is -0.883. The van der Waals surface area contributed by atoms with Crippen molar-refractivity contribution >= 4 is 0 Å². The molecular weight excluding hydrogens is 248 g/mol. The summed E-state index contributed by atoms with van der Waals surface area (Å²) in [5, 5.41) is 0. The molecule has 0 saturated carbocycles. The van der Waals surface area contributed by atoms with Crippen LogP contribution in [0, 0.1) is 25.5 Å². The lowest BCUT2D eigenvalue weighted by molar-refractivity contribution is 0.478. The summed E-state index contributed by atoms with van der Waals surface area (Å²) in [4.78, 5) is 4.13. The lowest BCUT2D eigenvalue weighted by Gasteiger charge is -2.19. The monoisotopic (exact) mass is 263 g/mol. The van der Waals surface area contributed by atoms with Crippen LogP contribution in [0.1, 0.15) is 28.4 Å². The molecule has 0 fully saturated rings. The molecule has 1 atom stereocenters. The summed E-state index contributed by atoms with van der Waals surface area (Å²) in [7, 11) is 0. The van der Waals surface area contributed by atoms with Gasteiger partial charge < -0.3 is 0 Å². The number of nitrogens with zero attached hydrogens (tertiary/aromatic N) is 1. The Hall–Kier alpha value is -1.85. The number of hydrazine groups is 1. The van der Waals surface area contributed by atoms with Gasteiger partial charge in [-0.3, -0.25) is 10.8 Å². The Morgan fingerprint density at radius 1 is 1.11 bits per heavy atom. The fourth-order valence-corrected chi connectivity index (χ4v) is 2.03. The highest BCUT2D eigenvalue weighted by molar-refractivity contribution is 5.36. The molecule has 1 heterocycles. The third-order valence-corrected chi connectivity index (χ3v) is 3.14. The van der Waals surface area contributed by atoms with Crippen LogP contribution in [0.3, 0.4) is 0 Å². The fourth-order valence-electron chi connectivity index (χ4n) is 2.03. The van der Waals surface area contributed by atoms with Crippen molar-refractivity contribution in [2.24, 2.45) is 5.84 Å². The lowest BCUT2D eigenvalue weighted by Crippen LogP contribution is -2.30. The standard InChI is InChI=1S/C14H15F2N3/c1-8-5-6-11(13(16)12(8)15)14(19-17)10-4-3-7-18-9(10)2/h3-7,14,19H,17H2,1-2H3. The number of rotatable bonds is 3. The highest BCUT2D eigenvalue weighted by Gasteiger charge is 2.21. The third kappa shape index (κ3) is 2.47. The molecule has 0 aliphatic heterocycles. The number of halogens is 2. The second-order valence-corrected chi connectivity index (χ2v) is 4.38. The largest absolute Gasteiger partial charge is 0.271 e. The van der Waals surface area contributed by atoms with Crippen molar-refractivity contribution in [2.75, 3.05) is 0 Å². The van der Waals surface area contributed by atoms with Gasteiger partial charge in [0, 0.05) is 17.5 Å². The third-order valence-electron chi connectivity index (χ3n) is 3.14. The zero-order chi connectivity index (χ0) is 14.0. The van der Waals surface area contributed by atoms with Gasteiger partial charge in [0.2, 0.25) is 0 Å². The Kier molecular flexibility index (Phi) is 3.87. The summed E-state index contributed by atoms with van der Waals surface area (Å²) < 4.78 is 27.7. The number of benzene rings is 1. The van der Waals surface area contributed by atoms with Crippen LogP contribution in [0.5, 0.6) is 0 Å². The van der Waals surface area contributed by atoms with E-state index in [-0.39, 0.29) is 11.1 Å². The molecule has 0 radical (unpaired) electrons. The molecule has 5 heteroatoms. The Bertz CT molecular complexity index is 599. The quantitative estimate of drug-likeness (QED) is 0.661. The number of nitrogens with one attached hydrogen (secondary N) is 1.